The molecule has 0 saturated heterocycles. The molecule has 5 nitrogen and oxygen atoms in total. The molecule has 1 aromatic rings. The Kier molecular flexibility index (Phi) is 4.74. The fourth-order valence-corrected chi connectivity index (χ4v) is 2.53. The first-order valence-corrected chi connectivity index (χ1v) is 6.98. The fourth-order valence-electron chi connectivity index (χ4n) is 2.53. The van der Waals surface area contributed by atoms with Gasteiger partial charge in [-0.3, -0.25) is 4.79 Å². The summed E-state index contributed by atoms with van der Waals surface area (Å²) in [7, 11) is 0. The Morgan fingerprint density at radius 2 is 2.25 bits per heavy atom. The third kappa shape index (κ3) is 3.17. The minimum atomic E-state index is -0.980. The zero-order chi connectivity index (χ0) is 14.5. The SMILES string of the molecule is CCCC(NC(=O)c1cccc2c1CCNC2)C(=O)O. The first kappa shape index (κ1) is 14.5. The van der Waals surface area contributed by atoms with Gasteiger partial charge in [0.05, 0.1) is 0 Å². The molecule has 2 rings (SSSR count). The fraction of sp³-hybridized carbons (Fsp3) is 0.467. The van der Waals surface area contributed by atoms with Crippen LogP contribution >= 0.6 is 0 Å². The van der Waals surface area contributed by atoms with Gasteiger partial charge in [0.1, 0.15) is 6.04 Å². The first-order chi connectivity index (χ1) is 9.63. The largest absolute Gasteiger partial charge is 0.480 e. The van der Waals surface area contributed by atoms with Gasteiger partial charge in [-0.15, -0.1) is 0 Å². The van der Waals surface area contributed by atoms with Crippen LogP contribution in [0.3, 0.4) is 0 Å². The van der Waals surface area contributed by atoms with E-state index in [0.29, 0.717) is 18.4 Å². The molecule has 0 bridgehead atoms. The van der Waals surface area contributed by atoms with Gasteiger partial charge in [0.15, 0.2) is 0 Å². The maximum Gasteiger partial charge on any atom is 0.326 e. The maximum atomic E-state index is 12.3. The van der Waals surface area contributed by atoms with Gasteiger partial charge in [-0.25, -0.2) is 4.79 Å². The van der Waals surface area contributed by atoms with E-state index in [1.807, 2.05) is 19.1 Å². The van der Waals surface area contributed by atoms with E-state index in [1.54, 1.807) is 6.07 Å². The summed E-state index contributed by atoms with van der Waals surface area (Å²) in [5.74, 6) is -1.27. The van der Waals surface area contributed by atoms with Crippen molar-refractivity contribution in [2.75, 3.05) is 6.54 Å². The van der Waals surface area contributed by atoms with E-state index in [4.69, 9.17) is 5.11 Å². The molecule has 3 N–H and O–H groups in total. The van der Waals surface area contributed by atoms with Crippen molar-refractivity contribution in [2.45, 2.75) is 38.8 Å². The number of amides is 1. The Hall–Kier alpha value is -1.88. The van der Waals surface area contributed by atoms with Crippen LogP contribution in [0.1, 0.15) is 41.3 Å². The topological polar surface area (TPSA) is 78.4 Å². The van der Waals surface area contributed by atoms with Crippen LogP contribution in [-0.2, 0) is 17.8 Å². The average Bonchev–Trinajstić information content (AvgIpc) is 2.46. The summed E-state index contributed by atoms with van der Waals surface area (Å²) in [6.07, 6.45) is 1.95. The summed E-state index contributed by atoms with van der Waals surface area (Å²) in [6, 6.07) is 4.80. The zero-order valence-electron chi connectivity index (χ0n) is 11.6. The molecule has 108 valence electrons. The molecule has 0 aromatic heterocycles. The molecule has 0 fully saturated rings. The van der Waals surface area contributed by atoms with Gasteiger partial charge in [0.25, 0.3) is 5.91 Å². The lowest BCUT2D eigenvalue weighted by Crippen LogP contribution is -2.41. The van der Waals surface area contributed by atoms with Gasteiger partial charge >= 0.3 is 5.97 Å². The lowest BCUT2D eigenvalue weighted by atomic mass is 9.95. The van der Waals surface area contributed by atoms with E-state index < -0.39 is 12.0 Å². The number of fused-ring (bicyclic) bond motifs is 1. The van der Waals surface area contributed by atoms with Crippen molar-refractivity contribution in [3.8, 4) is 0 Å². The Morgan fingerprint density at radius 1 is 1.45 bits per heavy atom. The van der Waals surface area contributed by atoms with Crippen molar-refractivity contribution < 1.29 is 14.7 Å². The highest BCUT2D eigenvalue weighted by molar-refractivity contribution is 5.98. The molecule has 0 aliphatic carbocycles. The Labute approximate surface area is 118 Å². The quantitative estimate of drug-likeness (QED) is 0.758. The number of rotatable bonds is 5. The molecular weight excluding hydrogens is 256 g/mol. The number of carboxylic acids is 1. The van der Waals surface area contributed by atoms with Gasteiger partial charge in [-0.2, -0.15) is 0 Å². The van der Waals surface area contributed by atoms with Crippen molar-refractivity contribution in [3.63, 3.8) is 0 Å². The van der Waals surface area contributed by atoms with Crippen LogP contribution in [0.2, 0.25) is 0 Å². The van der Waals surface area contributed by atoms with Crippen molar-refractivity contribution >= 4 is 11.9 Å². The number of carbonyl (C=O) groups excluding carboxylic acids is 1. The van der Waals surface area contributed by atoms with E-state index in [2.05, 4.69) is 10.6 Å². The monoisotopic (exact) mass is 276 g/mol. The molecule has 0 radical (unpaired) electrons. The van der Waals surface area contributed by atoms with Crippen molar-refractivity contribution in [2.24, 2.45) is 0 Å². The second kappa shape index (κ2) is 6.52. The molecule has 1 aliphatic rings. The number of hydrogen-bond donors (Lipinski definition) is 3. The number of carbonyl (C=O) groups is 2. The molecule has 0 saturated carbocycles. The molecular formula is C15H20N2O3. The normalized spacial score (nSPS) is 15.2. The molecule has 1 unspecified atom stereocenters. The molecule has 1 heterocycles. The van der Waals surface area contributed by atoms with Gasteiger partial charge in [-0.05, 0) is 36.6 Å². The lowest BCUT2D eigenvalue weighted by molar-refractivity contribution is -0.139. The number of carboxylic acid groups (broad SMARTS) is 1. The Morgan fingerprint density at radius 3 is 2.95 bits per heavy atom. The van der Waals surface area contributed by atoms with Crippen LogP contribution in [-0.4, -0.2) is 29.6 Å². The van der Waals surface area contributed by atoms with Gasteiger partial charge < -0.3 is 15.7 Å². The van der Waals surface area contributed by atoms with E-state index in [9.17, 15) is 9.59 Å². The average molecular weight is 276 g/mol. The molecule has 1 aliphatic heterocycles. The minimum absolute atomic E-state index is 0.287. The summed E-state index contributed by atoms with van der Waals surface area (Å²) in [4.78, 5) is 23.4. The third-order valence-electron chi connectivity index (χ3n) is 3.57. The summed E-state index contributed by atoms with van der Waals surface area (Å²) >= 11 is 0. The van der Waals surface area contributed by atoms with E-state index >= 15 is 0 Å². The predicted octanol–water partition coefficient (Wildman–Crippen LogP) is 1.32. The van der Waals surface area contributed by atoms with Crippen LogP contribution in [0.4, 0.5) is 0 Å². The van der Waals surface area contributed by atoms with Crippen LogP contribution < -0.4 is 10.6 Å². The second-order valence-electron chi connectivity index (χ2n) is 5.02. The van der Waals surface area contributed by atoms with Crippen molar-refractivity contribution in [3.05, 3.63) is 34.9 Å². The Balaban J connectivity index is 2.19. The van der Waals surface area contributed by atoms with E-state index in [1.165, 1.54) is 0 Å². The number of benzene rings is 1. The highest BCUT2D eigenvalue weighted by Gasteiger charge is 2.22. The predicted molar refractivity (Wildman–Crippen MR) is 75.7 cm³/mol. The molecule has 20 heavy (non-hydrogen) atoms. The van der Waals surface area contributed by atoms with Gasteiger partial charge in [-0.1, -0.05) is 25.5 Å². The molecule has 1 atom stereocenters. The first-order valence-electron chi connectivity index (χ1n) is 6.98. The Bertz CT molecular complexity index is 514. The van der Waals surface area contributed by atoms with Crippen LogP contribution in [0.5, 0.6) is 0 Å². The maximum absolute atomic E-state index is 12.3. The summed E-state index contributed by atoms with van der Waals surface area (Å²) in [6.45, 7) is 3.50. The number of nitrogens with one attached hydrogen (secondary N) is 2. The number of hydrogen-bond acceptors (Lipinski definition) is 3. The van der Waals surface area contributed by atoms with Gasteiger partial charge in [0.2, 0.25) is 0 Å². The van der Waals surface area contributed by atoms with Crippen molar-refractivity contribution in [1.82, 2.24) is 10.6 Å². The lowest BCUT2D eigenvalue weighted by Gasteiger charge is -2.21. The summed E-state index contributed by atoms with van der Waals surface area (Å²) in [5.41, 5.74) is 2.75. The van der Waals surface area contributed by atoms with Crippen LogP contribution in [0.15, 0.2) is 18.2 Å². The second-order valence-corrected chi connectivity index (χ2v) is 5.02. The highest BCUT2D eigenvalue weighted by atomic mass is 16.4. The molecule has 5 heteroatoms. The minimum Gasteiger partial charge on any atom is -0.480 e. The zero-order valence-corrected chi connectivity index (χ0v) is 11.6. The molecule has 0 spiro atoms. The highest BCUT2D eigenvalue weighted by Crippen LogP contribution is 2.18. The number of aliphatic carboxylic acids is 1. The summed E-state index contributed by atoms with van der Waals surface area (Å²) < 4.78 is 0. The smallest absolute Gasteiger partial charge is 0.326 e. The van der Waals surface area contributed by atoms with E-state index in [-0.39, 0.29) is 5.91 Å². The third-order valence-corrected chi connectivity index (χ3v) is 3.57. The van der Waals surface area contributed by atoms with Crippen LogP contribution in [0.25, 0.3) is 0 Å². The van der Waals surface area contributed by atoms with Crippen LogP contribution in [0, 0.1) is 0 Å². The standard InChI is InChI=1S/C15H20N2O3/c1-2-4-13(15(19)20)17-14(18)12-6-3-5-10-9-16-8-7-11(10)12/h3,5-6,13,16H,2,4,7-9H2,1H3,(H,17,18)(H,19,20). The molecule has 1 aromatic carbocycles. The van der Waals surface area contributed by atoms with E-state index in [0.717, 1.165) is 30.6 Å². The van der Waals surface area contributed by atoms with Gasteiger partial charge in [0, 0.05) is 12.1 Å². The van der Waals surface area contributed by atoms with Crippen molar-refractivity contribution in [1.29, 1.82) is 0 Å². The molecule has 1 amide bonds. The summed E-state index contributed by atoms with van der Waals surface area (Å²) in [5, 5.41) is 15.0.